The lowest BCUT2D eigenvalue weighted by Crippen LogP contribution is -2.22. The van der Waals surface area contributed by atoms with Gasteiger partial charge in [-0.25, -0.2) is 13.8 Å². The monoisotopic (exact) mass is 415 g/mol. The SMILES string of the molecule is C/C(NC(=O)c1cn(C)c(-c2c(F)cccc2F)n1)=C(/C)c1cc(Cl)ccc1C. The summed E-state index contributed by atoms with van der Waals surface area (Å²) in [6, 6.07) is 9.12. The molecule has 1 aromatic heterocycles. The number of allylic oxidation sites excluding steroid dienone is 2. The van der Waals surface area contributed by atoms with E-state index in [0.717, 1.165) is 28.8 Å². The van der Waals surface area contributed by atoms with Crippen LogP contribution >= 0.6 is 11.6 Å². The number of nitrogens with zero attached hydrogens (tertiary/aromatic N) is 2. The zero-order valence-corrected chi connectivity index (χ0v) is 17.2. The zero-order valence-electron chi connectivity index (χ0n) is 16.5. The number of carbonyl (C=O) groups excluding carboxylic acids is 1. The molecule has 29 heavy (non-hydrogen) atoms. The molecule has 0 bridgehead atoms. The molecule has 0 atom stereocenters. The van der Waals surface area contributed by atoms with Crippen LogP contribution < -0.4 is 5.32 Å². The summed E-state index contributed by atoms with van der Waals surface area (Å²) in [5.74, 6) is -1.92. The fourth-order valence-corrected chi connectivity index (χ4v) is 3.22. The van der Waals surface area contributed by atoms with Crippen molar-refractivity contribution in [1.82, 2.24) is 14.9 Å². The quantitative estimate of drug-likeness (QED) is 0.610. The highest BCUT2D eigenvalue weighted by Crippen LogP contribution is 2.26. The van der Waals surface area contributed by atoms with Gasteiger partial charge in [0.2, 0.25) is 0 Å². The molecule has 0 aliphatic rings. The van der Waals surface area contributed by atoms with Crippen molar-refractivity contribution in [3.05, 3.63) is 81.8 Å². The van der Waals surface area contributed by atoms with Crippen LogP contribution in [0.3, 0.4) is 0 Å². The number of hydrogen-bond acceptors (Lipinski definition) is 2. The zero-order chi connectivity index (χ0) is 21.3. The average molecular weight is 416 g/mol. The maximum absolute atomic E-state index is 14.1. The normalized spacial score (nSPS) is 12.0. The maximum Gasteiger partial charge on any atom is 0.275 e. The van der Waals surface area contributed by atoms with E-state index < -0.39 is 17.5 Å². The minimum absolute atomic E-state index is 0.0368. The van der Waals surface area contributed by atoms with Crippen LogP contribution in [0.5, 0.6) is 0 Å². The van der Waals surface area contributed by atoms with Gasteiger partial charge in [0.05, 0.1) is 5.56 Å². The minimum atomic E-state index is -0.742. The molecule has 0 aliphatic heterocycles. The number of carbonyl (C=O) groups is 1. The molecular formula is C22H20ClF2N3O. The van der Waals surface area contributed by atoms with Crippen molar-refractivity contribution in [3.8, 4) is 11.4 Å². The Morgan fingerprint density at radius 2 is 1.79 bits per heavy atom. The number of amides is 1. The summed E-state index contributed by atoms with van der Waals surface area (Å²) < 4.78 is 29.6. The van der Waals surface area contributed by atoms with Crippen LogP contribution in [0, 0.1) is 18.6 Å². The van der Waals surface area contributed by atoms with Crippen molar-refractivity contribution in [2.45, 2.75) is 20.8 Å². The van der Waals surface area contributed by atoms with Crippen molar-refractivity contribution < 1.29 is 13.6 Å². The molecule has 0 unspecified atom stereocenters. The van der Waals surface area contributed by atoms with Crippen molar-refractivity contribution in [1.29, 1.82) is 0 Å². The first-order valence-corrected chi connectivity index (χ1v) is 9.30. The van der Waals surface area contributed by atoms with E-state index in [0.29, 0.717) is 10.7 Å². The molecule has 4 nitrogen and oxygen atoms in total. The standard InChI is InChI=1S/C22H20ClF2N3O/c1-12-8-9-15(23)10-16(12)13(2)14(3)26-22(29)19-11-28(4)21(27-19)20-17(24)6-5-7-18(20)25/h5-11H,1-4H3,(H,26,29)/b14-13+. The van der Waals surface area contributed by atoms with Crippen molar-refractivity contribution >= 4 is 23.1 Å². The molecule has 3 rings (SSSR count). The first-order chi connectivity index (χ1) is 13.7. The Morgan fingerprint density at radius 3 is 2.45 bits per heavy atom. The van der Waals surface area contributed by atoms with Gasteiger partial charge in [0.15, 0.2) is 0 Å². The number of aromatic nitrogens is 2. The van der Waals surface area contributed by atoms with Gasteiger partial charge < -0.3 is 9.88 Å². The van der Waals surface area contributed by atoms with Crippen LogP contribution in [-0.2, 0) is 7.05 Å². The third-order valence-corrected chi connectivity index (χ3v) is 5.00. The first kappa shape index (κ1) is 20.7. The lowest BCUT2D eigenvalue weighted by atomic mass is 10.0. The molecule has 0 saturated heterocycles. The van der Waals surface area contributed by atoms with Gasteiger partial charge in [-0.15, -0.1) is 0 Å². The van der Waals surface area contributed by atoms with Gasteiger partial charge in [-0.3, -0.25) is 4.79 Å². The summed E-state index contributed by atoms with van der Waals surface area (Å²) in [7, 11) is 1.58. The van der Waals surface area contributed by atoms with Gasteiger partial charge in [0.25, 0.3) is 5.91 Å². The summed E-state index contributed by atoms with van der Waals surface area (Å²) in [6.07, 6.45) is 1.43. The van der Waals surface area contributed by atoms with Crippen molar-refractivity contribution in [2.75, 3.05) is 0 Å². The molecule has 0 saturated carbocycles. The second-order valence-electron chi connectivity index (χ2n) is 6.82. The Hall–Kier alpha value is -2.99. The Balaban J connectivity index is 1.91. The predicted octanol–water partition coefficient (Wildman–Crippen LogP) is 5.51. The average Bonchev–Trinajstić information content (AvgIpc) is 3.04. The molecule has 1 amide bonds. The number of imidazole rings is 1. The molecule has 0 radical (unpaired) electrons. The largest absolute Gasteiger partial charge is 0.333 e. The second kappa shape index (κ2) is 8.17. The summed E-state index contributed by atoms with van der Waals surface area (Å²) in [5.41, 5.74) is 3.22. The van der Waals surface area contributed by atoms with Crippen molar-refractivity contribution in [3.63, 3.8) is 0 Å². The van der Waals surface area contributed by atoms with Gasteiger partial charge >= 0.3 is 0 Å². The van der Waals surface area contributed by atoms with E-state index >= 15 is 0 Å². The van der Waals surface area contributed by atoms with E-state index in [2.05, 4.69) is 10.3 Å². The van der Waals surface area contributed by atoms with Crippen LogP contribution in [0.1, 0.15) is 35.5 Å². The van der Waals surface area contributed by atoms with Crippen LogP contribution in [0.4, 0.5) is 8.78 Å². The number of benzene rings is 2. The summed E-state index contributed by atoms with van der Waals surface area (Å²) in [4.78, 5) is 16.8. The fourth-order valence-electron chi connectivity index (χ4n) is 3.05. The molecule has 3 aromatic rings. The predicted molar refractivity (Wildman–Crippen MR) is 110 cm³/mol. The minimum Gasteiger partial charge on any atom is -0.333 e. The maximum atomic E-state index is 14.1. The second-order valence-corrected chi connectivity index (χ2v) is 7.26. The van der Waals surface area contributed by atoms with E-state index in [1.165, 1.54) is 16.8 Å². The Bertz CT molecular complexity index is 1110. The van der Waals surface area contributed by atoms with Gasteiger partial charge in [-0.1, -0.05) is 23.7 Å². The third-order valence-electron chi connectivity index (χ3n) is 4.76. The summed E-state index contributed by atoms with van der Waals surface area (Å²) >= 11 is 6.09. The topological polar surface area (TPSA) is 46.9 Å². The van der Waals surface area contributed by atoms with Crippen LogP contribution in [0.15, 0.2) is 48.3 Å². The number of aryl methyl sites for hydroxylation is 2. The smallest absolute Gasteiger partial charge is 0.275 e. The third kappa shape index (κ3) is 4.22. The molecule has 1 heterocycles. The molecule has 0 spiro atoms. The molecule has 150 valence electrons. The Kier molecular flexibility index (Phi) is 5.84. The highest BCUT2D eigenvalue weighted by molar-refractivity contribution is 6.30. The number of nitrogens with one attached hydrogen (secondary N) is 1. The highest BCUT2D eigenvalue weighted by atomic mass is 35.5. The van der Waals surface area contributed by atoms with Gasteiger partial charge in [0, 0.05) is 24.0 Å². The molecular weight excluding hydrogens is 396 g/mol. The van der Waals surface area contributed by atoms with Crippen LogP contribution in [-0.4, -0.2) is 15.5 Å². The summed E-state index contributed by atoms with van der Waals surface area (Å²) in [6.45, 7) is 5.61. The lowest BCUT2D eigenvalue weighted by Gasteiger charge is -2.12. The first-order valence-electron chi connectivity index (χ1n) is 8.92. The van der Waals surface area contributed by atoms with Crippen LogP contribution in [0.25, 0.3) is 17.0 Å². The number of rotatable bonds is 4. The molecule has 1 N–H and O–H groups in total. The molecule has 0 fully saturated rings. The fraction of sp³-hybridized carbons (Fsp3) is 0.182. The van der Waals surface area contributed by atoms with Crippen molar-refractivity contribution in [2.24, 2.45) is 7.05 Å². The van der Waals surface area contributed by atoms with Crippen LogP contribution in [0.2, 0.25) is 5.02 Å². The highest BCUT2D eigenvalue weighted by Gasteiger charge is 2.20. The molecule has 0 aliphatic carbocycles. The Morgan fingerprint density at radius 1 is 1.14 bits per heavy atom. The van der Waals surface area contributed by atoms with E-state index in [4.69, 9.17) is 11.6 Å². The van der Waals surface area contributed by atoms with E-state index in [1.54, 1.807) is 20.0 Å². The lowest BCUT2D eigenvalue weighted by molar-refractivity contribution is 0.0961. The number of halogens is 3. The molecule has 2 aromatic carbocycles. The van der Waals surface area contributed by atoms with Gasteiger partial charge in [-0.05, 0) is 61.7 Å². The van der Waals surface area contributed by atoms with Gasteiger partial charge in [0.1, 0.15) is 23.2 Å². The van der Waals surface area contributed by atoms with E-state index in [1.807, 2.05) is 26.0 Å². The molecule has 7 heteroatoms. The Labute approximate surface area is 172 Å². The summed E-state index contributed by atoms with van der Waals surface area (Å²) in [5, 5.41) is 3.40. The number of hydrogen-bond donors (Lipinski definition) is 1. The van der Waals surface area contributed by atoms with E-state index in [-0.39, 0.29) is 17.1 Å². The van der Waals surface area contributed by atoms with Gasteiger partial charge in [-0.2, -0.15) is 0 Å². The van der Waals surface area contributed by atoms with E-state index in [9.17, 15) is 13.6 Å².